The van der Waals surface area contributed by atoms with E-state index in [1.807, 2.05) is 17.9 Å². The summed E-state index contributed by atoms with van der Waals surface area (Å²) in [5, 5.41) is 7.64. The zero-order chi connectivity index (χ0) is 12.2. The molecule has 0 fully saturated rings. The predicted octanol–water partition coefficient (Wildman–Crippen LogP) is 2.38. The van der Waals surface area contributed by atoms with Gasteiger partial charge in [0.2, 0.25) is 0 Å². The Labute approximate surface area is 99.2 Å². The van der Waals surface area contributed by atoms with E-state index in [4.69, 9.17) is 0 Å². The fourth-order valence-electron chi connectivity index (χ4n) is 2.11. The Morgan fingerprint density at radius 1 is 1.50 bits per heavy atom. The molecule has 16 heavy (non-hydrogen) atoms. The monoisotopic (exact) mass is 223 g/mol. The molecule has 1 aromatic rings. The topological polar surface area (TPSA) is 29.9 Å². The summed E-state index contributed by atoms with van der Waals surface area (Å²) >= 11 is 0. The Morgan fingerprint density at radius 3 is 2.62 bits per heavy atom. The van der Waals surface area contributed by atoms with E-state index in [1.54, 1.807) is 0 Å². The van der Waals surface area contributed by atoms with E-state index < -0.39 is 0 Å². The molecule has 0 bridgehead atoms. The summed E-state index contributed by atoms with van der Waals surface area (Å²) < 4.78 is 1.96. The summed E-state index contributed by atoms with van der Waals surface area (Å²) in [5.74, 6) is 0. The SMILES string of the molecule is CCC(C)(C)C(CCc1ccnn1C)NC. The van der Waals surface area contributed by atoms with Gasteiger partial charge in [-0.1, -0.05) is 20.8 Å². The molecule has 1 rings (SSSR count). The second-order valence-electron chi connectivity index (χ2n) is 5.17. The molecule has 3 nitrogen and oxygen atoms in total. The molecular formula is C13H25N3. The average molecular weight is 223 g/mol. The molecule has 0 aliphatic heterocycles. The van der Waals surface area contributed by atoms with Crippen LogP contribution in [-0.4, -0.2) is 22.9 Å². The maximum Gasteiger partial charge on any atom is 0.0492 e. The smallest absolute Gasteiger partial charge is 0.0492 e. The molecule has 0 aromatic carbocycles. The van der Waals surface area contributed by atoms with Crippen LogP contribution in [0.1, 0.15) is 39.3 Å². The van der Waals surface area contributed by atoms with Crippen LogP contribution in [0, 0.1) is 5.41 Å². The second-order valence-corrected chi connectivity index (χ2v) is 5.17. The fraction of sp³-hybridized carbons (Fsp3) is 0.769. The molecule has 0 aliphatic carbocycles. The quantitative estimate of drug-likeness (QED) is 0.802. The largest absolute Gasteiger partial charge is 0.316 e. The second kappa shape index (κ2) is 5.48. The first-order chi connectivity index (χ1) is 7.51. The average Bonchev–Trinajstić information content (AvgIpc) is 2.65. The van der Waals surface area contributed by atoms with Gasteiger partial charge in [0.25, 0.3) is 0 Å². The van der Waals surface area contributed by atoms with E-state index in [-0.39, 0.29) is 0 Å². The van der Waals surface area contributed by atoms with Gasteiger partial charge < -0.3 is 5.32 Å². The molecule has 0 saturated carbocycles. The lowest BCUT2D eigenvalue weighted by molar-refractivity contribution is 0.230. The van der Waals surface area contributed by atoms with E-state index in [0.717, 1.165) is 12.8 Å². The molecule has 92 valence electrons. The number of hydrogen-bond donors (Lipinski definition) is 1. The van der Waals surface area contributed by atoms with Crippen LogP contribution in [0.2, 0.25) is 0 Å². The van der Waals surface area contributed by atoms with Gasteiger partial charge in [0.15, 0.2) is 0 Å². The van der Waals surface area contributed by atoms with E-state index in [2.05, 4.69) is 44.3 Å². The van der Waals surface area contributed by atoms with Gasteiger partial charge in [0, 0.05) is 25.0 Å². The zero-order valence-electron chi connectivity index (χ0n) is 11.2. The van der Waals surface area contributed by atoms with Crippen LogP contribution in [0.15, 0.2) is 12.3 Å². The molecule has 1 N–H and O–H groups in total. The van der Waals surface area contributed by atoms with Crippen molar-refractivity contribution in [1.82, 2.24) is 15.1 Å². The van der Waals surface area contributed by atoms with Crippen LogP contribution in [0.3, 0.4) is 0 Å². The highest BCUT2D eigenvalue weighted by atomic mass is 15.2. The van der Waals surface area contributed by atoms with Crippen LogP contribution >= 0.6 is 0 Å². The zero-order valence-corrected chi connectivity index (χ0v) is 11.2. The summed E-state index contributed by atoms with van der Waals surface area (Å²) in [6.45, 7) is 6.92. The summed E-state index contributed by atoms with van der Waals surface area (Å²) in [5.41, 5.74) is 1.67. The summed E-state index contributed by atoms with van der Waals surface area (Å²) in [7, 11) is 4.07. The highest BCUT2D eigenvalue weighted by Crippen LogP contribution is 2.27. The lowest BCUT2D eigenvalue weighted by Crippen LogP contribution is -2.40. The van der Waals surface area contributed by atoms with E-state index >= 15 is 0 Å². The third-order valence-electron chi connectivity index (χ3n) is 3.81. The van der Waals surface area contributed by atoms with Crippen LogP contribution in [0.4, 0.5) is 0 Å². The highest BCUT2D eigenvalue weighted by molar-refractivity contribution is 5.01. The number of aryl methyl sites for hydroxylation is 2. The Hall–Kier alpha value is -0.830. The van der Waals surface area contributed by atoms with Crippen LogP contribution in [-0.2, 0) is 13.5 Å². The van der Waals surface area contributed by atoms with Crippen LogP contribution in [0.25, 0.3) is 0 Å². The van der Waals surface area contributed by atoms with Crippen molar-refractivity contribution in [2.24, 2.45) is 12.5 Å². The Balaban J connectivity index is 2.56. The first-order valence-corrected chi connectivity index (χ1v) is 6.15. The van der Waals surface area contributed by atoms with E-state index in [1.165, 1.54) is 12.1 Å². The Bertz CT molecular complexity index is 315. The van der Waals surface area contributed by atoms with Crippen molar-refractivity contribution in [3.63, 3.8) is 0 Å². The molecule has 1 heterocycles. The maximum absolute atomic E-state index is 4.20. The summed E-state index contributed by atoms with van der Waals surface area (Å²) in [6, 6.07) is 2.67. The van der Waals surface area contributed by atoms with Gasteiger partial charge in [-0.2, -0.15) is 5.10 Å². The molecule has 1 atom stereocenters. The van der Waals surface area contributed by atoms with Crippen molar-refractivity contribution in [1.29, 1.82) is 0 Å². The molecule has 3 heteroatoms. The number of rotatable bonds is 6. The minimum atomic E-state index is 0.355. The molecule has 1 aromatic heterocycles. The molecule has 0 saturated heterocycles. The number of nitrogens with one attached hydrogen (secondary N) is 1. The molecule has 0 spiro atoms. The standard InChI is InChI=1S/C13H25N3/c1-6-13(2,3)12(14-4)8-7-11-9-10-15-16(11)5/h9-10,12,14H,6-8H2,1-5H3. The molecule has 0 radical (unpaired) electrons. The maximum atomic E-state index is 4.20. The Morgan fingerprint density at radius 2 is 2.19 bits per heavy atom. The van der Waals surface area contributed by atoms with Gasteiger partial charge in [-0.25, -0.2) is 0 Å². The predicted molar refractivity (Wildman–Crippen MR) is 68.4 cm³/mol. The molecule has 0 amide bonds. The number of nitrogens with zero attached hydrogens (tertiary/aromatic N) is 2. The van der Waals surface area contributed by atoms with Crippen molar-refractivity contribution in [2.75, 3.05) is 7.05 Å². The van der Waals surface area contributed by atoms with Gasteiger partial charge in [-0.3, -0.25) is 4.68 Å². The van der Waals surface area contributed by atoms with Crippen molar-refractivity contribution < 1.29 is 0 Å². The first kappa shape index (κ1) is 13.2. The van der Waals surface area contributed by atoms with Crippen molar-refractivity contribution in [2.45, 2.75) is 46.1 Å². The van der Waals surface area contributed by atoms with Crippen molar-refractivity contribution in [3.8, 4) is 0 Å². The third kappa shape index (κ3) is 3.08. The van der Waals surface area contributed by atoms with E-state index in [9.17, 15) is 0 Å². The lowest BCUT2D eigenvalue weighted by Gasteiger charge is -2.33. The number of aromatic nitrogens is 2. The molecule has 0 aliphatic rings. The molecule has 1 unspecified atom stereocenters. The third-order valence-corrected chi connectivity index (χ3v) is 3.81. The fourth-order valence-corrected chi connectivity index (χ4v) is 2.11. The lowest BCUT2D eigenvalue weighted by atomic mass is 9.79. The first-order valence-electron chi connectivity index (χ1n) is 6.15. The van der Waals surface area contributed by atoms with Gasteiger partial charge in [0.05, 0.1) is 0 Å². The van der Waals surface area contributed by atoms with Crippen molar-refractivity contribution >= 4 is 0 Å². The van der Waals surface area contributed by atoms with Gasteiger partial charge in [-0.15, -0.1) is 0 Å². The minimum absolute atomic E-state index is 0.355. The minimum Gasteiger partial charge on any atom is -0.316 e. The Kier molecular flexibility index (Phi) is 4.54. The normalized spacial score (nSPS) is 14.1. The molecular weight excluding hydrogens is 198 g/mol. The van der Waals surface area contributed by atoms with Crippen molar-refractivity contribution in [3.05, 3.63) is 18.0 Å². The number of hydrogen-bond acceptors (Lipinski definition) is 2. The summed E-state index contributed by atoms with van der Waals surface area (Å²) in [6.07, 6.45) is 5.32. The van der Waals surface area contributed by atoms with Gasteiger partial charge in [0.1, 0.15) is 0 Å². The van der Waals surface area contributed by atoms with Gasteiger partial charge >= 0.3 is 0 Å². The highest BCUT2D eigenvalue weighted by Gasteiger charge is 2.26. The van der Waals surface area contributed by atoms with Crippen LogP contribution < -0.4 is 5.32 Å². The summed E-state index contributed by atoms with van der Waals surface area (Å²) in [4.78, 5) is 0. The van der Waals surface area contributed by atoms with Crippen LogP contribution in [0.5, 0.6) is 0 Å². The van der Waals surface area contributed by atoms with E-state index in [0.29, 0.717) is 11.5 Å². The van der Waals surface area contributed by atoms with Gasteiger partial charge in [-0.05, 0) is 37.8 Å².